The van der Waals surface area contributed by atoms with Crippen molar-refractivity contribution in [1.29, 1.82) is 0 Å². The van der Waals surface area contributed by atoms with Gasteiger partial charge in [-0.3, -0.25) is 0 Å². The van der Waals surface area contributed by atoms with Crippen molar-refractivity contribution >= 4 is 18.1 Å². The smallest absolute Gasteiger partial charge is 0.0366 e. The molecule has 1 saturated heterocycles. The number of hydrogen-bond donors (Lipinski definition) is 1. The van der Waals surface area contributed by atoms with Gasteiger partial charge in [-0.25, -0.2) is 0 Å². The van der Waals surface area contributed by atoms with Gasteiger partial charge in [0.15, 0.2) is 0 Å². The van der Waals surface area contributed by atoms with E-state index in [2.05, 4.69) is 36.1 Å². The molecule has 0 amide bonds. The van der Waals surface area contributed by atoms with Crippen molar-refractivity contribution in [3.63, 3.8) is 0 Å². The maximum Gasteiger partial charge on any atom is 0.0366 e. The lowest BCUT2D eigenvalue weighted by Crippen LogP contribution is -2.29. The third-order valence-electron chi connectivity index (χ3n) is 3.48. The Morgan fingerprint density at radius 1 is 1.12 bits per heavy atom. The lowest BCUT2D eigenvalue weighted by molar-refractivity contribution is 0.577. The molecular formula is C14H23ClN2. The van der Waals surface area contributed by atoms with Gasteiger partial charge in [0.25, 0.3) is 0 Å². The topological polar surface area (TPSA) is 29.3 Å². The van der Waals surface area contributed by atoms with E-state index < -0.39 is 0 Å². The average Bonchev–Trinajstić information content (AvgIpc) is 2.39. The summed E-state index contributed by atoms with van der Waals surface area (Å²) in [4.78, 5) is 2.48. The summed E-state index contributed by atoms with van der Waals surface area (Å²) >= 11 is 0. The van der Waals surface area contributed by atoms with Crippen LogP contribution in [0, 0.1) is 0 Å². The van der Waals surface area contributed by atoms with Gasteiger partial charge in [0.1, 0.15) is 0 Å². The Balaban J connectivity index is 0.00000144. The molecule has 1 aliphatic heterocycles. The van der Waals surface area contributed by atoms with Crippen LogP contribution in [0.3, 0.4) is 0 Å². The number of nitrogens with zero attached hydrogens (tertiary/aromatic N) is 1. The van der Waals surface area contributed by atoms with Crippen LogP contribution in [0.15, 0.2) is 24.3 Å². The van der Waals surface area contributed by atoms with Crippen LogP contribution >= 0.6 is 12.4 Å². The molecule has 1 atom stereocenters. The molecule has 1 aliphatic rings. The largest absolute Gasteiger partial charge is 0.372 e. The second-order valence-electron chi connectivity index (χ2n) is 4.65. The molecule has 1 heterocycles. The third-order valence-corrected chi connectivity index (χ3v) is 3.48. The molecule has 2 rings (SSSR count). The predicted molar refractivity (Wildman–Crippen MR) is 77.0 cm³/mol. The number of halogens is 1. The van der Waals surface area contributed by atoms with E-state index in [-0.39, 0.29) is 18.4 Å². The van der Waals surface area contributed by atoms with Gasteiger partial charge in [-0.05, 0) is 43.4 Å². The van der Waals surface area contributed by atoms with Crippen LogP contribution in [0.1, 0.15) is 44.2 Å². The Hall–Kier alpha value is -0.730. The van der Waals surface area contributed by atoms with E-state index in [9.17, 15) is 0 Å². The standard InChI is InChI=1S/C14H22N2.ClH/c1-2-14(15)12-6-8-13(9-7-12)16-10-4-3-5-11-16;/h6-9,14H,2-5,10-11,15H2,1H3;1H. The number of benzene rings is 1. The van der Waals surface area contributed by atoms with Gasteiger partial charge in [0, 0.05) is 24.8 Å². The molecule has 2 N–H and O–H groups in total. The van der Waals surface area contributed by atoms with E-state index >= 15 is 0 Å². The van der Waals surface area contributed by atoms with Crippen molar-refractivity contribution < 1.29 is 0 Å². The van der Waals surface area contributed by atoms with E-state index in [0.29, 0.717) is 0 Å². The summed E-state index contributed by atoms with van der Waals surface area (Å²) in [5.41, 5.74) is 8.62. The van der Waals surface area contributed by atoms with Gasteiger partial charge in [-0.1, -0.05) is 19.1 Å². The Labute approximate surface area is 111 Å². The van der Waals surface area contributed by atoms with Crippen molar-refractivity contribution in [2.75, 3.05) is 18.0 Å². The fourth-order valence-electron chi connectivity index (χ4n) is 2.32. The van der Waals surface area contributed by atoms with E-state index in [1.807, 2.05) is 0 Å². The molecule has 1 aromatic rings. The maximum atomic E-state index is 6.01. The first kappa shape index (κ1) is 14.3. The van der Waals surface area contributed by atoms with Gasteiger partial charge in [0.05, 0.1) is 0 Å². The van der Waals surface area contributed by atoms with Crippen molar-refractivity contribution in [2.24, 2.45) is 5.73 Å². The highest BCUT2D eigenvalue weighted by Crippen LogP contribution is 2.22. The Bertz CT molecular complexity index is 317. The SMILES string of the molecule is CCC(N)c1ccc(N2CCCCC2)cc1.Cl. The minimum absolute atomic E-state index is 0. The molecule has 0 spiro atoms. The molecule has 0 saturated carbocycles. The molecule has 2 nitrogen and oxygen atoms in total. The van der Waals surface area contributed by atoms with Crippen LogP contribution in [-0.4, -0.2) is 13.1 Å². The summed E-state index contributed by atoms with van der Waals surface area (Å²) in [6, 6.07) is 8.98. The Kier molecular flexibility index (Phi) is 5.79. The number of anilines is 1. The summed E-state index contributed by atoms with van der Waals surface area (Å²) in [5, 5.41) is 0. The van der Waals surface area contributed by atoms with Gasteiger partial charge < -0.3 is 10.6 Å². The first-order chi connectivity index (χ1) is 7.81. The summed E-state index contributed by atoms with van der Waals surface area (Å²) in [5.74, 6) is 0. The molecule has 1 aromatic carbocycles. The highest BCUT2D eigenvalue weighted by molar-refractivity contribution is 5.85. The molecule has 1 fully saturated rings. The van der Waals surface area contributed by atoms with Gasteiger partial charge in [0.2, 0.25) is 0 Å². The molecule has 1 unspecified atom stereocenters. The lowest BCUT2D eigenvalue weighted by Gasteiger charge is -2.29. The molecule has 0 radical (unpaired) electrons. The summed E-state index contributed by atoms with van der Waals surface area (Å²) in [6.45, 7) is 4.54. The van der Waals surface area contributed by atoms with Crippen LogP contribution in [0.5, 0.6) is 0 Å². The van der Waals surface area contributed by atoms with Crippen LogP contribution in [0.2, 0.25) is 0 Å². The van der Waals surface area contributed by atoms with Gasteiger partial charge in [-0.2, -0.15) is 0 Å². The van der Waals surface area contributed by atoms with Crippen LogP contribution < -0.4 is 10.6 Å². The summed E-state index contributed by atoms with van der Waals surface area (Å²) < 4.78 is 0. The number of piperidine rings is 1. The summed E-state index contributed by atoms with van der Waals surface area (Å²) in [7, 11) is 0. The normalized spacial score (nSPS) is 17.4. The van der Waals surface area contributed by atoms with Gasteiger partial charge in [-0.15, -0.1) is 12.4 Å². The van der Waals surface area contributed by atoms with Crippen molar-refractivity contribution in [3.8, 4) is 0 Å². The van der Waals surface area contributed by atoms with Crippen LogP contribution in [0.4, 0.5) is 5.69 Å². The lowest BCUT2D eigenvalue weighted by atomic mass is 10.0. The highest BCUT2D eigenvalue weighted by Gasteiger charge is 2.11. The number of nitrogens with two attached hydrogens (primary N) is 1. The highest BCUT2D eigenvalue weighted by atomic mass is 35.5. The summed E-state index contributed by atoms with van der Waals surface area (Å²) in [6.07, 6.45) is 5.05. The monoisotopic (exact) mass is 254 g/mol. The minimum Gasteiger partial charge on any atom is -0.372 e. The molecule has 0 bridgehead atoms. The van der Waals surface area contributed by atoms with E-state index in [1.54, 1.807) is 0 Å². The third kappa shape index (κ3) is 3.62. The Morgan fingerprint density at radius 2 is 1.71 bits per heavy atom. The molecule has 3 heteroatoms. The van der Waals surface area contributed by atoms with Crippen molar-refractivity contribution in [2.45, 2.75) is 38.6 Å². The van der Waals surface area contributed by atoms with Crippen molar-refractivity contribution in [3.05, 3.63) is 29.8 Å². The minimum atomic E-state index is 0. The second-order valence-corrected chi connectivity index (χ2v) is 4.65. The molecule has 0 aromatic heterocycles. The zero-order chi connectivity index (χ0) is 11.4. The fraction of sp³-hybridized carbons (Fsp3) is 0.571. The maximum absolute atomic E-state index is 6.01. The van der Waals surface area contributed by atoms with E-state index in [1.165, 1.54) is 43.6 Å². The molecular weight excluding hydrogens is 232 g/mol. The number of hydrogen-bond acceptors (Lipinski definition) is 2. The van der Waals surface area contributed by atoms with E-state index in [4.69, 9.17) is 5.73 Å². The zero-order valence-corrected chi connectivity index (χ0v) is 11.4. The zero-order valence-electron chi connectivity index (χ0n) is 10.6. The second kappa shape index (κ2) is 6.87. The molecule has 0 aliphatic carbocycles. The predicted octanol–water partition coefficient (Wildman–Crippen LogP) is 3.51. The Morgan fingerprint density at radius 3 is 2.24 bits per heavy atom. The number of rotatable bonds is 3. The van der Waals surface area contributed by atoms with E-state index in [0.717, 1.165) is 6.42 Å². The van der Waals surface area contributed by atoms with Crippen LogP contribution in [0.25, 0.3) is 0 Å². The quantitative estimate of drug-likeness (QED) is 0.895. The van der Waals surface area contributed by atoms with Gasteiger partial charge >= 0.3 is 0 Å². The molecule has 17 heavy (non-hydrogen) atoms. The first-order valence-electron chi connectivity index (χ1n) is 6.41. The molecule has 96 valence electrons. The van der Waals surface area contributed by atoms with Crippen LogP contribution in [-0.2, 0) is 0 Å². The fourth-order valence-corrected chi connectivity index (χ4v) is 2.32. The van der Waals surface area contributed by atoms with Crippen molar-refractivity contribution in [1.82, 2.24) is 0 Å². The average molecular weight is 255 g/mol. The first-order valence-corrected chi connectivity index (χ1v) is 6.41.